The first-order valence-electron chi connectivity index (χ1n) is 4.72. The molecular weight excluding hydrogens is 186 g/mol. The van der Waals surface area contributed by atoms with Crippen LogP contribution in [0.15, 0.2) is 0 Å². The van der Waals surface area contributed by atoms with Crippen molar-refractivity contribution in [3.8, 4) is 0 Å². The number of rotatable bonds is 3. The van der Waals surface area contributed by atoms with E-state index in [2.05, 4.69) is 19.6 Å². The summed E-state index contributed by atoms with van der Waals surface area (Å²) in [5.41, 5.74) is 0. The van der Waals surface area contributed by atoms with Crippen molar-refractivity contribution in [2.24, 2.45) is 5.92 Å². The maximum absolute atomic E-state index is 11.5. The van der Waals surface area contributed by atoms with E-state index in [9.17, 15) is 4.79 Å². The van der Waals surface area contributed by atoms with E-state index >= 15 is 0 Å². The molecule has 2 atom stereocenters. The van der Waals surface area contributed by atoms with E-state index in [0.29, 0.717) is 18.1 Å². The van der Waals surface area contributed by atoms with E-state index < -0.39 is 0 Å². The highest BCUT2D eigenvalue weighted by Gasteiger charge is 2.32. The molecule has 1 heterocycles. The van der Waals surface area contributed by atoms with E-state index in [1.807, 2.05) is 0 Å². The van der Waals surface area contributed by atoms with Gasteiger partial charge in [-0.2, -0.15) is 12.6 Å². The molecule has 1 saturated heterocycles. The van der Waals surface area contributed by atoms with Gasteiger partial charge in [-0.1, -0.05) is 6.92 Å². The molecule has 1 rings (SSSR count). The Labute approximate surface area is 84.5 Å². The molecule has 0 aromatic carbocycles. The van der Waals surface area contributed by atoms with E-state index in [-0.39, 0.29) is 18.6 Å². The minimum Gasteiger partial charge on any atom is -0.394 e. The van der Waals surface area contributed by atoms with Crippen LogP contribution >= 0.6 is 12.6 Å². The zero-order valence-corrected chi connectivity index (χ0v) is 8.83. The molecule has 76 valence electrons. The number of thiol groups is 1. The van der Waals surface area contributed by atoms with Crippen LogP contribution in [0.1, 0.15) is 19.8 Å². The zero-order valence-electron chi connectivity index (χ0n) is 7.94. The summed E-state index contributed by atoms with van der Waals surface area (Å²) < 4.78 is 0. The predicted octanol–water partition coefficient (Wildman–Crippen LogP) is 0.536. The van der Waals surface area contributed by atoms with Crippen molar-refractivity contribution in [2.45, 2.75) is 25.8 Å². The minimum atomic E-state index is 0.0346. The summed E-state index contributed by atoms with van der Waals surface area (Å²) in [4.78, 5) is 13.3. The number of aliphatic hydroxyl groups is 1. The number of aliphatic hydroxyl groups excluding tert-OH is 1. The maximum Gasteiger partial charge on any atom is 0.223 e. The molecule has 0 radical (unpaired) electrons. The normalized spacial score (nSPS) is 28.1. The Balaban J connectivity index is 2.54. The van der Waals surface area contributed by atoms with Gasteiger partial charge in [-0.3, -0.25) is 4.79 Å². The second kappa shape index (κ2) is 4.86. The highest BCUT2D eigenvalue weighted by Crippen LogP contribution is 2.23. The fourth-order valence-corrected chi connectivity index (χ4v) is 2.03. The lowest BCUT2D eigenvalue weighted by Gasteiger charge is -2.24. The van der Waals surface area contributed by atoms with E-state index in [4.69, 9.17) is 5.11 Å². The molecule has 0 aliphatic carbocycles. The Morgan fingerprint density at radius 3 is 2.92 bits per heavy atom. The monoisotopic (exact) mass is 203 g/mol. The van der Waals surface area contributed by atoms with Gasteiger partial charge in [-0.05, 0) is 18.1 Å². The largest absolute Gasteiger partial charge is 0.394 e. The van der Waals surface area contributed by atoms with Crippen LogP contribution in [0.4, 0.5) is 0 Å². The Morgan fingerprint density at radius 1 is 1.69 bits per heavy atom. The fourth-order valence-electron chi connectivity index (χ4n) is 1.84. The van der Waals surface area contributed by atoms with Crippen LogP contribution in [0.2, 0.25) is 0 Å². The van der Waals surface area contributed by atoms with E-state index in [1.165, 1.54) is 0 Å². The summed E-state index contributed by atoms with van der Waals surface area (Å²) in [6.45, 7) is 2.95. The highest BCUT2D eigenvalue weighted by molar-refractivity contribution is 7.80. The molecular formula is C9H17NO2S. The van der Waals surface area contributed by atoms with Gasteiger partial charge >= 0.3 is 0 Å². The van der Waals surface area contributed by atoms with Gasteiger partial charge in [0.2, 0.25) is 5.91 Å². The molecule has 2 unspecified atom stereocenters. The van der Waals surface area contributed by atoms with Crippen LogP contribution in [0.25, 0.3) is 0 Å². The molecule has 4 heteroatoms. The fraction of sp³-hybridized carbons (Fsp3) is 0.889. The van der Waals surface area contributed by atoms with Gasteiger partial charge in [0.25, 0.3) is 0 Å². The van der Waals surface area contributed by atoms with Crippen LogP contribution < -0.4 is 0 Å². The van der Waals surface area contributed by atoms with Crippen molar-refractivity contribution >= 4 is 18.5 Å². The first-order chi connectivity index (χ1) is 6.20. The number of nitrogens with zero attached hydrogens (tertiary/aromatic N) is 1. The first-order valence-corrected chi connectivity index (χ1v) is 5.35. The molecule has 0 aromatic rings. The molecule has 0 saturated carbocycles. The lowest BCUT2D eigenvalue weighted by atomic mass is 10.0. The summed E-state index contributed by atoms with van der Waals surface area (Å²) in [6.07, 6.45) is 1.48. The highest BCUT2D eigenvalue weighted by atomic mass is 32.1. The van der Waals surface area contributed by atoms with Gasteiger partial charge < -0.3 is 10.0 Å². The Hall–Kier alpha value is -0.220. The standard InChI is InChI=1S/C9H17NO2S/c1-7-2-4-10(8(7)6-11)9(12)3-5-13/h7-8,11,13H,2-6H2,1H3. The number of hydrogen-bond donors (Lipinski definition) is 2. The number of carbonyl (C=O) groups excluding carboxylic acids is 1. The second-order valence-electron chi connectivity index (χ2n) is 3.58. The topological polar surface area (TPSA) is 40.5 Å². The van der Waals surface area contributed by atoms with Crippen LogP contribution in [0.5, 0.6) is 0 Å². The second-order valence-corrected chi connectivity index (χ2v) is 4.02. The predicted molar refractivity (Wildman–Crippen MR) is 54.8 cm³/mol. The SMILES string of the molecule is CC1CCN(C(=O)CCS)C1CO. The van der Waals surface area contributed by atoms with Gasteiger partial charge in [0.1, 0.15) is 0 Å². The van der Waals surface area contributed by atoms with Crippen LogP contribution in [-0.4, -0.2) is 40.9 Å². The average molecular weight is 203 g/mol. The molecule has 0 aromatic heterocycles. The summed E-state index contributed by atoms with van der Waals surface area (Å²) >= 11 is 4.02. The van der Waals surface area contributed by atoms with Crippen molar-refractivity contribution < 1.29 is 9.90 Å². The van der Waals surface area contributed by atoms with E-state index in [1.54, 1.807) is 4.90 Å². The first kappa shape index (κ1) is 10.9. The number of likely N-dealkylation sites (tertiary alicyclic amines) is 1. The minimum absolute atomic E-state index is 0.0346. The van der Waals surface area contributed by atoms with Crippen LogP contribution in [-0.2, 0) is 4.79 Å². The van der Waals surface area contributed by atoms with Crippen molar-refractivity contribution in [3.63, 3.8) is 0 Å². The van der Waals surface area contributed by atoms with Crippen molar-refractivity contribution in [1.82, 2.24) is 4.90 Å². The number of carbonyl (C=O) groups is 1. The Kier molecular flexibility index (Phi) is 4.06. The third kappa shape index (κ3) is 2.38. The van der Waals surface area contributed by atoms with Crippen LogP contribution in [0.3, 0.4) is 0 Å². The van der Waals surface area contributed by atoms with Crippen molar-refractivity contribution in [1.29, 1.82) is 0 Å². The molecule has 1 aliphatic rings. The third-order valence-electron chi connectivity index (χ3n) is 2.72. The molecule has 1 aliphatic heterocycles. The lowest BCUT2D eigenvalue weighted by molar-refractivity contribution is -0.132. The molecule has 0 bridgehead atoms. The number of amides is 1. The quantitative estimate of drug-likeness (QED) is 0.657. The molecule has 1 amide bonds. The van der Waals surface area contributed by atoms with Crippen molar-refractivity contribution in [2.75, 3.05) is 18.9 Å². The molecule has 1 N–H and O–H groups in total. The third-order valence-corrected chi connectivity index (χ3v) is 2.94. The number of hydrogen-bond acceptors (Lipinski definition) is 3. The Bertz CT molecular complexity index is 186. The zero-order chi connectivity index (χ0) is 9.84. The van der Waals surface area contributed by atoms with E-state index in [0.717, 1.165) is 13.0 Å². The van der Waals surface area contributed by atoms with Gasteiger partial charge in [0.15, 0.2) is 0 Å². The average Bonchev–Trinajstić information content (AvgIpc) is 2.47. The molecule has 1 fully saturated rings. The van der Waals surface area contributed by atoms with Crippen LogP contribution in [0, 0.1) is 5.92 Å². The molecule has 0 spiro atoms. The lowest BCUT2D eigenvalue weighted by Crippen LogP contribution is -2.39. The summed E-state index contributed by atoms with van der Waals surface area (Å²) in [6, 6.07) is 0.0346. The van der Waals surface area contributed by atoms with Gasteiger partial charge in [0, 0.05) is 13.0 Å². The Morgan fingerprint density at radius 2 is 2.38 bits per heavy atom. The summed E-state index contributed by atoms with van der Waals surface area (Å²) in [5, 5.41) is 9.11. The maximum atomic E-state index is 11.5. The van der Waals surface area contributed by atoms with Crippen molar-refractivity contribution in [3.05, 3.63) is 0 Å². The van der Waals surface area contributed by atoms with Gasteiger partial charge in [-0.15, -0.1) is 0 Å². The summed E-state index contributed by atoms with van der Waals surface area (Å²) in [7, 11) is 0. The van der Waals surface area contributed by atoms with Gasteiger partial charge in [0.05, 0.1) is 12.6 Å². The smallest absolute Gasteiger partial charge is 0.223 e. The summed E-state index contributed by atoms with van der Waals surface area (Å²) in [5.74, 6) is 1.13. The molecule has 3 nitrogen and oxygen atoms in total. The molecule has 13 heavy (non-hydrogen) atoms. The van der Waals surface area contributed by atoms with Gasteiger partial charge in [-0.25, -0.2) is 0 Å².